The second kappa shape index (κ2) is 4.06. The van der Waals surface area contributed by atoms with Gasteiger partial charge in [0.1, 0.15) is 0 Å². The van der Waals surface area contributed by atoms with Crippen molar-refractivity contribution in [2.24, 2.45) is 0 Å². The van der Waals surface area contributed by atoms with Crippen LogP contribution < -0.4 is 5.32 Å². The molecule has 0 radical (unpaired) electrons. The molecule has 1 unspecified atom stereocenters. The lowest BCUT2D eigenvalue weighted by molar-refractivity contribution is -0.130. The summed E-state index contributed by atoms with van der Waals surface area (Å²) < 4.78 is 0. The third-order valence-corrected chi connectivity index (χ3v) is 1.85. The smallest absolute Gasteiger partial charge is 0.242 e. The van der Waals surface area contributed by atoms with Gasteiger partial charge in [-0.25, -0.2) is 0 Å². The van der Waals surface area contributed by atoms with Gasteiger partial charge >= 0.3 is 0 Å². The minimum atomic E-state index is -0.398. The monoisotopic (exact) mass is 172 g/mol. The number of likely N-dealkylation sites (tertiary alicyclic amines) is 1. The molecule has 0 saturated carbocycles. The number of aliphatic hydroxyl groups is 1. The molecule has 2 N–H and O–H groups in total. The molecular weight excluding hydrogens is 160 g/mol. The number of β-amino-alcohol motifs (C(OH)–C–C–N with tert-alkyl or cyclic N) is 1. The predicted octanol–water partition coefficient (Wildman–Crippen LogP) is -1.67. The third-order valence-electron chi connectivity index (χ3n) is 1.85. The summed E-state index contributed by atoms with van der Waals surface area (Å²) in [5.41, 5.74) is 0. The maximum absolute atomic E-state index is 11.1. The number of nitrogens with zero attached hydrogens (tertiary/aromatic N) is 1. The summed E-state index contributed by atoms with van der Waals surface area (Å²) in [6, 6.07) is 0. The summed E-state index contributed by atoms with van der Waals surface area (Å²) in [6.45, 7) is 0.996. The molecule has 1 atom stereocenters. The molecule has 0 aromatic rings. The second-order valence-electron chi connectivity index (χ2n) is 2.78. The van der Waals surface area contributed by atoms with Crippen LogP contribution in [0.5, 0.6) is 0 Å². The number of carbonyl (C=O) groups is 2. The van der Waals surface area contributed by atoms with Crippen LogP contribution in [0.25, 0.3) is 0 Å². The van der Waals surface area contributed by atoms with Gasteiger partial charge in [-0.1, -0.05) is 0 Å². The molecule has 2 amide bonds. The summed E-state index contributed by atoms with van der Waals surface area (Å²) in [7, 11) is 0. The largest absolute Gasteiger partial charge is 0.391 e. The number of nitrogens with one attached hydrogen (secondary N) is 1. The van der Waals surface area contributed by atoms with Gasteiger partial charge in [-0.2, -0.15) is 0 Å². The zero-order valence-corrected chi connectivity index (χ0v) is 6.69. The van der Waals surface area contributed by atoms with Crippen molar-refractivity contribution in [3.63, 3.8) is 0 Å². The van der Waals surface area contributed by atoms with Crippen LogP contribution in [0.15, 0.2) is 0 Å². The van der Waals surface area contributed by atoms with E-state index in [1.807, 2.05) is 0 Å². The standard InChI is InChI=1S/C7H12N2O3/c10-5-8-3-7(12)9-2-1-6(11)4-9/h5-6,11H,1-4H2,(H,8,10). The molecule has 0 aromatic carbocycles. The van der Waals surface area contributed by atoms with E-state index in [1.165, 1.54) is 0 Å². The fourth-order valence-electron chi connectivity index (χ4n) is 1.21. The van der Waals surface area contributed by atoms with Crippen LogP contribution in [-0.4, -0.2) is 48.1 Å². The number of amides is 2. The molecular formula is C7H12N2O3. The van der Waals surface area contributed by atoms with Crippen molar-refractivity contribution < 1.29 is 14.7 Å². The number of hydrogen-bond donors (Lipinski definition) is 2. The first-order chi connectivity index (χ1) is 5.74. The van der Waals surface area contributed by atoms with Gasteiger partial charge in [0.15, 0.2) is 0 Å². The van der Waals surface area contributed by atoms with Gasteiger partial charge in [0.05, 0.1) is 12.6 Å². The van der Waals surface area contributed by atoms with Crippen molar-refractivity contribution >= 4 is 12.3 Å². The van der Waals surface area contributed by atoms with E-state index in [0.717, 1.165) is 0 Å². The van der Waals surface area contributed by atoms with Gasteiger partial charge in [0.2, 0.25) is 12.3 Å². The molecule has 0 aromatic heterocycles. The van der Waals surface area contributed by atoms with Crippen LogP contribution >= 0.6 is 0 Å². The molecule has 1 heterocycles. The average Bonchev–Trinajstić information content (AvgIpc) is 2.47. The van der Waals surface area contributed by atoms with Crippen LogP contribution in [0.4, 0.5) is 0 Å². The van der Waals surface area contributed by atoms with Gasteiger partial charge in [0, 0.05) is 13.1 Å². The highest BCUT2D eigenvalue weighted by atomic mass is 16.3. The lowest BCUT2D eigenvalue weighted by atomic mass is 10.3. The molecule has 0 aliphatic carbocycles. The average molecular weight is 172 g/mol. The fourth-order valence-corrected chi connectivity index (χ4v) is 1.21. The third kappa shape index (κ3) is 2.20. The molecule has 1 saturated heterocycles. The van der Waals surface area contributed by atoms with Crippen molar-refractivity contribution in [2.75, 3.05) is 19.6 Å². The Hall–Kier alpha value is -1.10. The number of aliphatic hydroxyl groups excluding tert-OH is 1. The van der Waals surface area contributed by atoms with Gasteiger partial charge < -0.3 is 15.3 Å². The van der Waals surface area contributed by atoms with E-state index in [4.69, 9.17) is 5.11 Å². The zero-order chi connectivity index (χ0) is 8.97. The topological polar surface area (TPSA) is 69.6 Å². The summed E-state index contributed by atoms with van der Waals surface area (Å²) in [4.78, 5) is 22.5. The Kier molecular flexibility index (Phi) is 3.04. The minimum absolute atomic E-state index is 0.0240. The van der Waals surface area contributed by atoms with Crippen LogP contribution in [0.3, 0.4) is 0 Å². The van der Waals surface area contributed by atoms with E-state index >= 15 is 0 Å². The Bertz CT molecular complexity index is 183. The Labute approximate surface area is 70.4 Å². The normalized spacial score (nSPS) is 22.4. The second-order valence-corrected chi connectivity index (χ2v) is 2.78. The molecule has 12 heavy (non-hydrogen) atoms. The quantitative estimate of drug-likeness (QED) is 0.500. The van der Waals surface area contributed by atoms with E-state index in [0.29, 0.717) is 25.9 Å². The molecule has 68 valence electrons. The van der Waals surface area contributed by atoms with Crippen LogP contribution in [0, 0.1) is 0 Å². The van der Waals surface area contributed by atoms with E-state index in [9.17, 15) is 9.59 Å². The molecule has 5 nitrogen and oxygen atoms in total. The van der Waals surface area contributed by atoms with E-state index in [1.54, 1.807) is 4.90 Å². The molecule has 1 aliphatic heterocycles. The highest BCUT2D eigenvalue weighted by molar-refractivity contribution is 5.80. The lowest BCUT2D eigenvalue weighted by Crippen LogP contribution is -2.36. The molecule has 1 fully saturated rings. The van der Waals surface area contributed by atoms with E-state index < -0.39 is 6.10 Å². The maximum atomic E-state index is 11.1. The van der Waals surface area contributed by atoms with Gasteiger partial charge in [-0.3, -0.25) is 9.59 Å². The minimum Gasteiger partial charge on any atom is -0.391 e. The van der Waals surface area contributed by atoms with E-state index in [2.05, 4.69) is 5.32 Å². The number of hydrogen-bond acceptors (Lipinski definition) is 3. The Morgan fingerprint density at radius 1 is 1.75 bits per heavy atom. The summed E-state index contributed by atoms with van der Waals surface area (Å²) >= 11 is 0. The predicted molar refractivity (Wildman–Crippen MR) is 41.3 cm³/mol. The van der Waals surface area contributed by atoms with Crippen LogP contribution in [-0.2, 0) is 9.59 Å². The van der Waals surface area contributed by atoms with Crippen molar-refractivity contribution in [2.45, 2.75) is 12.5 Å². The Morgan fingerprint density at radius 2 is 2.50 bits per heavy atom. The number of carbonyl (C=O) groups excluding carboxylic acids is 2. The highest BCUT2D eigenvalue weighted by Crippen LogP contribution is 2.07. The lowest BCUT2D eigenvalue weighted by Gasteiger charge is -2.14. The SMILES string of the molecule is O=CNCC(=O)N1CCC(O)C1. The molecule has 1 aliphatic rings. The molecule has 1 rings (SSSR count). The number of rotatable bonds is 3. The van der Waals surface area contributed by atoms with Gasteiger partial charge in [-0.15, -0.1) is 0 Å². The fraction of sp³-hybridized carbons (Fsp3) is 0.714. The molecule has 5 heteroatoms. The molecule has 0 spiro atoms. The molecule has 0 bridgehead atoms. The van der Waals surface area contributed by atoms with Crippen molar-refractivity contribution in [1.29, 1.82) is 0 Å². The first kappa shape index (κ1) is 8.99. The van der Waals surface area contributed by atoms with Crippen molar-refractivity contribution in [3.8, 4) is 0 Å². The zero-order valence-electron chi connectivity index (χ0n) is 6.69. The van der Waals surface area contributed by atoms with Crippen molar-refractivity contribution in [1.82, 2.24) is 10.2 Å². The highest BCUT2D eigenvalue weighted by Gasteiger charge is 2.23. The van der Waals surface area contributed by atoms with Gasteiger partial charge in [-0.05, 0) is 6.42 Å². The maximum Gasteiger partial charge on any atom is 0.242 e. The van der Waals surface area contributed by atoms with Gasteiger partial charge in [0.25, 0.3) is 0 Å². The summed E-state index contributed by atoms with van der Waals surface area (Å²) in [6.07, 6.45) is 0.724. The first-order valence-electron chi connectivity index (χ1n) is 3.87. The Morgan fingerprint density at radius 3 is 3.00 bits per heavy atom. The first-order valence-corrected chi connectivity index (χ1v) is 3.87. The van der Waals surface area contributed by atoms with Crippen LogP contribution in [0.1, 0.15) is 6.42 Å². The summed E-state index contributed by atoms with van der Waals surface area (Å²) in [5.74, 6) is -0.140. The van der Waals surface area contributed by atoms with Crippen molar-refractivity contribution in [3.05, 3.63) is 0 Å². The Balaban J connectivity index is 2.28. The van der Waals surface area contributed by atoms with Crippen LogP contribution in [0.2, 0.25) is 0 Å². The van der Waals surface area contributed by atoms with E-state index in [-0.39, 0.29) is 12.5 Å². The summed E-state index contributed by atoms with van der Waals surface area (Å²) in [5, 5.41) is 11.4.